The molecule has 146 valence electrons. The molecule has 0 aliphatic heterocycles. The SMILES string of the molecule is CNc1ncnc2ccc(-c3cccc(CNS(=O)(=O)c4ccccc4)c3)cc12. The van der Waals surface area contributed by atoms with Crippen LogP contribution in [0, 0.1) is 0 Å². The second-order valence-electron chi connectivity index (χ2n) is 6.54. The van der Waals surface area contributed by atoms with Crippen molar-refractivity contribution in [3.63, 3.8) is 0 Å². The summed E-state index contributed by atoms with van der Waals surface area (Å²) in [4.78, 5) is 8.82. The Hall–Kier alpha value is -3.29. The van der Waals surface area contributed by atoms with Gasteiger partial charge in [0.1, 0.15) is 12.1 Å². The van der Waals surface area contributed by atoms with Crippen molar-refractivity contribution in [3.05, 3.63) is 84.7 Å². The fraction of sp³-hybridized carbons (Fsp3) is 0.0909. The van der Waals surface area contributed by atoms with Crippen molar-refractivity contribution in [2.75, 3.05) is 12.4 Å². The number of anilines is 1. The highest BCUT2D eigenvalue weighted by molar-refractivity contribution is 7.89. The van der Waals surface area contributed by atoms with Crippen LogP contribution < -0.4 is 10.0 Å². The van der Waals surface area contributed by atoms with Gasteiger partial charge in [-0.1, -0.05) is 42.5 Å². The molecule has 2 N–H and O–H groups in total. The fourth-order valence-corrected chi connectivity index (χ4v) is 4.20. The van der Waals surface area contributed by atoms with E-state index in [0.29, 0.717) is 0 Å². The Kier molecular flexibility index (Phi) is 5.24. The minimum atomic E-state index is -3.55. The predicted octanol–water partition coefficient (Wildman–Crippen LogP) is 3.82. The number of hydrogen-bond donors (Lipinski definition) is 2. The Morgan fingerprint density at radius 2 is 1.66 bits per heavy atom. The summed E-state index contributed by atoms with van der Waals surface area (Å²) in [5.74, 6) is 0.767. The van der Waals surface area contributed by atoms with Crippen molar-refractivity contribution in [1.82, 2.24) is 14.7 Å². The van der Waals surface area contributed by atoms with Gasteiger partial charge in [-0.3, -0.25) is 0 Å². The van der Waals surface area contributed by atoms with E-state index in [-0.39, 0.29) is 11.4 Å². The molecule has 0 spiro atoms. The first-order valence-electron chi connectivity index (χ1n) is 9.13. The van der Waals surface area contributed by atoms with E-state index >= 15 is 0 Å². The largest absolute Gasteiger partial charge is 0.373 e. The molecule has 0 atom stereocenters. The third kappa shape index (κ3) is 4.11. The zero-order valence-electron chi connectivity index (χ0n) is 15.8. The van der Waals surface area contributed by atoms with E-state index in [1.807, 2.05) is 49.5 Å². The van der Waals surface area contributed by atoms with Gasteiger partial charge in [0, 0.05) is 19.0 Å². The smallest absolute Gasteiger partial charge is 0.240 e. The third-order valence-corrected chi connectivity index (χ3v) is 6.07. The second kappa shape index (κ2) is 7.98. The van der Waals surface area contributed by atoms with Crippen molar-refractivity contribution < 1.29 is 8.42 Å². The monoisotopic (exact) mass is 404 g/mol. The van der Waals surface area contributed by atoms with E-state index in [4.69, 9.17) is 0 Å². The molecular formula is C22H20N4O2S. The summed E-state index contributed by atoms with van der Waals surface area (Å²) >= 11 is 0. The lowest BCUT2D eigenvalue weighted by Crippen LogP contribution is -2.23. The Morgan fingerprint density at radius 3 is 2.45 bits per heavy atom. The summed E-state index contributed by atoms with van der Waals surface area (Å²) in [6, 6.07) is 22.2. The van der Waals surface area contributed by atoms with Gasteiger partial charge in [-0.2, -0.15) is 0 Å². The first-order chi connectivity index (χ1) is 14.1. The summed E-state index contributed by atoms with van der Waals surface area (Å²) in [7, 11) is -1.72. The van der Waals surface area contributed by atoms with Gasteiger partial charge in [0.2, 0.25) is 10.0 Å². The molecule has 7 heteroatoms. The first kappa shape index (κ1) is 19.0. The standard InChI is InChI=1S/C22H20N4O2S/c1-23-22-20-13-18(10-11-21(20)24-15-25-22)17-7-5-6-16(12-17)14-26-29(27,28)19-8-3-2-4-9-19/h2-13,15,26H,14H2,1H3,(H,23,24,25). The molecule has 6 nitrogen and oxygen atoms in total. The quantitative estimate of drug-likeness (QED) is 0.510. The van der Waals surface area contributed by atoms with Crippen LogP contribution in [0.25, 0.3) is 22.0 Å². The van der Waals surface area contributed by atoms with Crippen LogP contribution in [0.1, 0.15) is 5.56 Å². The molecule has 4 rings (SSSR count). The van der Waals surface area contributed by atoms with Crippen LogP contribution in [-0.4, -0.2) is 25.4 Å². The lowest BCUT2D eigenvalue weighted by Gasteiger charge is -2.10. The summed E-state index contributed by atoms with van der Waals surface area (Å²) in [6.45, 7) is 0.212. The van der Waals surface area contributed by atoms with Crippen LogP contribution in [0.3, 0.4) is 0 Å². The van der Waals surface area contributed by atoms with Gasteiger partial charge in [0.05, 0.1) is 10.4 Å². The van der Waals surface area contributed by atoms with E-state index in [0.717, 1.165) is 33.4 Å². The van der Waals surface area contributed by atoms with Crippen LogP contribution >= 0.6 is 0 Å². The number of rotatable bonds is 6. The van der Waals surface area contributed by atoms with Crippen molar-refractivity contribution in [2.24, 2.45) is 0 Å². The number of sulfonamides is 1. The minimum absolute atomic E-state index is 0.212. The average molecular weight is 404 g/mol. The Bertz CT molecular complexity index is 1260. The van der Waals surface area contributed by atoms with Crippen LogP contribution in [0.4, 0.5) is 5.82 Å². The molecule has 0 saturated heterocycles. The summed E-state index contributed by atoms with van der Waals surface area (Å²) in [5, 5.41) is 4.02. The average Bonchev–Trinajstić information content (AvgIpc) is 2.78. The van der Waals surface area contributed by atoms with Crippen molar-refractivity contribution in [3.8, 4) is 11.1 Å². The zero-order chi connectivity index (χ0) is 20.3. The molecule has 0 aliphatic carbocycles. The highest BCUT2D eigenvalue weighted by atomic mass is 32.2. The molecule has 0 fully saturated rings. The molecule has 0 aliphatic rings. The van der Waals surface area contributed by atoms with Gasteiger partial charge < -0.3 is 5.32 Å². The molecule has 3 aromatic carbocycles. The van der Waals surface area contributed by atoms with Crippen molar-refractivity contribution in [2.45, 2.75) is 11.4 Å². The molecule has 0 radical (unpaired) electrons. The number of nitrogens with one attached hydrogen (secondary N) is 2. The van der Waals surface area contributed by atoms with Crippen molar-refractivity contribution in [1.29, 1.82) is 0 Å². The van der Waals surface area contributed by atoms with Crippen LogP contribution in [0.5, 0.6) is 0 Å². The summed E-state index contributed by atoms with van der Waals surface area (Å²) in [5.41, 5.74) is 3.74. The molecule has 0 bridgehead atoms. The van der Waals surface area contributed by atoms with Crippen LogP contribution in [-0.2, 0) is 16.6 Å². The highest BCUT2D eigenvalue weighted by Crippen LogP contribution is 2.27. The lowest BCUT2D eigenvalue weighted by atomic mass is 10.0. The van der Waals surface area contributed by atoms with Gasteiger partial charge in [0.15, 0.2) is 0 Å². The second-order valence-corrected chi connectivity index (χ2v) is 8.31. The maximum absolute atomic E-state index is 12.4. The zero-order valence-corrected chi connectivity index (χ0v) is 16.6. The molecule has 0 saturated carbocycles. The van der Waals surface area contributed by atoms with Crippen molar-refractivity contribution >= 4 is 26.7 Å². The van der Waals surface area contributed by atoms with Gasteiger partial charge in [0.25, 0.3) is 0 Å². The van der Waals surface area contributed by atoms with E-state index in [9.17, 15) is 8.42 Å². The normalized spacial score (nSPS) is 11.5. The van der Waals surface area contributed by atoms with Gasteiger partial charge in [-0.15, -0.1) is 0 Å². The Labute approximate surface area is 169 Å². The van der Waals surface area contributed by atoms with Gasteiger partial charge in [-0.05, 0) is 47.0 Å². The maximum atomic E-state index is 12.4. The van der Waals surface area contributed by atoms with E-state index < -0.39 is 10.0 Å². The van der Waals surface area contributed by atoms with Gasteiger partial charge in [-0.25, -0.2) is 23.1 Å². The first-order valence-corrected chi connectivity index (χ1v) is 10.6. The number of hydrogen-bond acceptors (Lipinski definition) is 5. The number of nitrogens with zero attached hydrogens (tertiary/aromatic N) is 2. The summed E-state index contributed by atoms with van der Waals surface area (Å²) < 4.78 is 27.6. The Morgan fingerprint density at radius 1 is 0.862 bits per heavy atom. The third-order valence-electron chi connectivity index (χ3n) is 4.65. The number of aromatic nitrogens is 2. The van der Waals surface area contributed by atoms with E-state index in [2.05, 4.69) is 20.0 Å². The highest BCUT2D eigenvalue weighted by Gasteiger charge is 2.13. The molecule has 4 aromatic rings. The maximum Gasteiger partial charge on any atom is 0.240 e. The van der Waals surface area contributed by atoms with Crippen LogP contribution in [0.15, 0.2) is 84.0 Å². The summed E-state index contributed by atoms with van der Waals surface area (Å²) in [6.07, 6.45) is 1.54. The topological polar surface area (TPSA) is 84.0 Å². The molecule has 0 amide bonds. The number of fused-ring (bicyclic) bond motifs is 1. The van der Waals surface area contributed by atoms with E-state index in [1.165, 1.54) is 6.33 Å². The lowest BCUT2D eigenvalue weighted by molar-refractivity contribution is 0.581. The molecule has 29 heavy (non-hydrogen) atoms. The fourth-order valence-electron chi connectivity index (χ4n) is 3.16. The predicted molar refractivity (Wildman–Crippen MR) is 115 cm³/mol. The molecule has 0 unspecified atom stereocenters. The number of benzene rings is 3. The Balaban J connectivity index is 1.60. The minimum Gasteiger partial charge on any atom is -0.373 e. The van der Waals surface area contributed by atoms with Crippen LogP contribution in [0.2, 0.25) is 0 Å². The molecular weight excluding hydrogens is 384 g/mol. The molecule has 1 heterocycles. The van der Waals surface area contributed by atoms with E-state index in [1.54, 1.807) is 30.3 Å². The molecule has 1 aromatic heterocycles. The van der Waals surface area contributed by atoms with Gasteiger partial charge >= 0.3 is 0 Å².